The van der Waals surface area contributed by atoms with Crippen LogP contribution in [0.1, 0.15) is 0 Å². The number of halogens is 2. The Labute approximate surface area is 102 Å². The first-order valence-corrected chi connectivity index (χ1v) is 5.89. The standard InChI is InChI=1S/C10H13F2N3OS/c11-10(12,6-13)7-15-9(16)5-17-8-1-3-14-4-2-8/h1-4H,5-7,13H2,(H,15,16). The number of nitrogens with zero attached hydrogens (tertiary/aromatic N) is 1. The molecule has 0 aliphatic carbocycles. The van der Waals surface area contributed by atoms with Crippen LogP contribution < -0.4 is 11.1 Å². The van der Waals surface area contributed by atoms with Gasteiger partial charge in [-0.2, -0.15) is 0 Å². The van der Waals surface area contributed by atoms with Crippen molar-refractivity contribution < 1.29 is 13.6 Å². The van der Waals surface area contributed by atoms with Crippen molar-refractivity contribution in [2.45, 2.75) is 10.8 Å². The second-order valence-corrected chi connectivity index (χ2v) is 4.36. The summed E-state index contributed by atoms with van der Waals surface area (Å²) < 4.78 is 25.4. The van der Waals surface area contributed by atoms with Crippen LogP contribution in [-0.2, 0) is 4.79 Å². The van der Waals surface area contributed by atoms with E-state index in [0.29, 0.717) is 0 Å². The van der Waals surface area contributed by atoms with Crippen molar-refractivity contribution in [3.05, 3.63) is 24.5 Å². The summed E-state index contributed by atoms with van der Waals surface area (Å²) in [4.78, 5) is 15.9. The average molecular weight is 261 g/mol. The van der Waals surface area contributed by atoms with Gasteiger partial charge >= 0.3 is 0 Å². The lowest BCUT2D eigenvalue weighted by Gasteiger charge is -2.14. The molecule has 0 aliphatic rings. The van der Waals surface area contributed by atoms with Crippen LogP contribution in [0, 0.1) is 0 Å². The number of aromatic nitrogens is 1. The SMILES string of the molecule is NCC(F)(F)CNC(=O)CSc1ccncc1. The normalized spacial score (nSPS) is 11.2. The fraction of sp³-hybridized carbons (Fsp3) is 0.400. The Morgan fingerprint density at radius 3 is 2.71 bits per heavy atom. The number of rotatable bonds is 6. The van der Waals surface area contributed by atoms with E-state index in [1.807, 2.05) is 0 Å². The molecular weight excluding hydrogens is 248 g/mol. The highest BCUT2D eigenvalue weighted by molar-refractivity contribution is 8.00. The molecule has 0 unspecified atom stereocenters. The summed E-state index contributed by atoms with van der Waals surface area (Å²) in [7, 11) is 0. The summed E-state index contributed by atoms with van der Waals surface area (Å²) in [6.45, 7) is -1.50. The molecule has 0 fully saturated rings. The highest BCUT2D eigenvalue weighted by Gasteiger charge is 2.26. The summed E-state index contributed by atoms with van der Waals surface area (Å²) in [6, 6.07) is 3.48. The van der Waals surface area contributed by atoms with Crippen LogP contribution in [0.5, 0.6) is 0 Å². The number of nitrogens with one attached hydrogen (secondary N) is 1. The Bertz CT molecular complexity index is 362. The van der Waals surface area contributed by atoms with Crippen molar-refractivity contribution in [1.82, 2.24) is 10.3 Å². The van der Waals surface area contributed by atoms with Crippen LogP contribution in [0.2, 0.25) is 0 Å². The fourth-order valence-electron chi connectivity index (χ4n) is 0.934. The molecule has 0 spiro atoms. The largest absolute Gasteiger partial charge is 0.349 e. The molecule has 1 aromatic rings. The van der Waals surface area contributed by atoms with Gasteiger partial charge in [-0.15, -0.1) is 11.8 Å². The smallest absolute Gasteiger partial charge is 0.277 e. The minimum atomic E-state index is -3.04. The third-order valence-corrected chi connectivity index (χ3v) is 2.87. The minimum absolute atomic E-state index is 0.0880. The fourth-order valence-corrected chi connectivity index (χ4v) is 1.65. The highest BCUT2D eigenvalue weighted by atomic mass is 32.2. The van der Waals surface area contributed by atoms with Gasteiger partial charge in [0.2, 0.25) is 5.91 Å². The van der Waals surface area contributed by atoms with E-state index >= 15 is 0 Å². The van der Waals surface area contributed by atoms with E-state index < -0.39 is 24.9 Å². The number of alkyl halides is 2. The molecule has 1 heterocycles. The molecule has 0 radical (unpaired) electrons. The number of carbonyl (C=O) groups is 1. The van der Waals surface area contributed by atoms with Gasteiger partial charge in [-0.25, -0.2) is 8.78 Å². The summed E-state index contributed by atoms with van der Waals surface area (Å²) in [5.41, 5.74) is 4.84. The Balaban J connectivity index is 2.27. The van der Waals surface area contributed by atoms with E-state index in [4.69, 9.17) is 5.73 Å². The van der Waals surface area contributed by atoms with Crippen molar-refractivity contribution in [2.24, 2.45) is 5.73 Å². The van der Waals surface area contributed by atoms with Crippen LogP contribution in [0.4, 0.5) is 8.78 Å². The third-order valence-electron chi connectivity index (χ3n) is 1.86. The van der Waals surface area contributed by atoms with Crippen molar-refractivity contribution in [3.63, 3.8) is 0 Å². The number of carbonyl (C=O) groups excluding carboxylic acids is 1. The molecule has 4 nitrogen and oxygen atoms in total. The molecule has 0 saturated carbocycles. The third kappa shape index (κ3) is 5.60. The van der Waals surface area contributed by atoms with Crippen molar-refractivity contribution >= 4 is 17.7 Å². The number of hydrogen-bond donors (Lipinski definition) is 2. The zero-order valence-electron chi connectivity index (χ0n) is 9.03. The van der Waals surface area contributed by atoms with Crippen molar-refractivity contribution in [1.29, 1.82) is 0 Å². The number of amides is 1. The molecule has 0 aromatic carbocycles. The second-order valence-electron chi connectivity index (χ2n) is 3.31. The maximum absolute atomic E-state index is 12.7. The second kappa shape index (κ2) is 6.51. The summed E-state index contributed by atoms with van der Waals surface area (Å²) in [5.74, 6) is -3.40. The predicted molar refractivity (Wildman–Crippen MR) is 62.0 cm³/mol. The molecule has 0 saturated heterocycles. The van der Waals surface area contributed by atoms with Gasteiger partial charge in [-0.3, -0.25) is 9.78 Å². The van der Waals surface area contributed by atoms with Crippen LogP contribution in [0.25, 0.3) is 0 Å². The summed E-state index contributed by atoms with van der Waals surface area (Å²) in [6.07, 6.45) is 3.20. The molecule has 3 N–H and O–H groups in total. The van der Waals surface area contributed by atoms with Crippen molar-refractivity contribution in [3.8, 4) is 0 Å². The Kier molecular flexibility index (Phi) is 5.30. The van der Waals surface area contributed by atoms with Crippen molar-refractivity contribution in [2.75, 3.05) is 18.8 Å². The number of thioether (sulfide) groups is 1. The molecule has 17 heavy (non-hydrogen) atoms. The lowest BCUT2D eigenvalue weighted by molar-refractivity contribution is -0.120. The average Bonchev–Trinajstić information content (AvgIpc) is 2.35. The van der Waals surface area contributed by atoms with E-state index in [1.54, 1.807) is 24.5 Å². The van der Waals surface area contributed by atoms with Gasteiger partial charge in [0, 0.05) is 17.3 Å². The zero-order valence-corrected chi connectivity index (χ0v) is 9.84. The van der Waals surface area contributed by atoms with Gasteiger partial charge in [0.25, 0.3) is 5.92 Å². The maximum Gasteiger partial charge on any atom is 0.277 e. The van der Waals surface area contributed by atoms with Crippen LogP contribution in [0.15, 0.2) is 29.4 Å². The Morgan fingerprint density at radius 1 is 1.47 bits per heavy atom. The quantitative estimate of drug-likeness (QED) is 0.746. The van der Waals surface area contributed by atoms with Crippen LogP contribution in [0.3, 0.4) is 0 Å². The van der Waals surface area contributed by atoms with E-state index in [9.17, 15) is 13.6 Å². The lowest BCUT2D eigenvalue weighted by Crippen LogP contribution is -2.42. The minimum Gasteiger partial charge on any atom is -0.349 e. The first-order valence-electron chi connectivity index (χ1n) is 4.91. The number of hydrogen-bond acceptors (Lipinski definition) is 4. The van der Waals surface area contributed by atoms with E-state index in [-0.39, 0.29) is 5.75 Å². The molecule has 0 atom stereocenters. The Morgan fingerprint density at radius 2 is 2.12 bits per heavy atom. The van der Waals surface area contributed by atoms with E-state index in [2.05, 4.69) is 10.3 Å². The number of pyridine rings is 1. The van der Waals surface area contributed by atoms with Gasteiger partial charge < -0.3 is 11.1 Å². The van der Waals surface area contributed by atoms with Crippen LogP contribution in [-0.4, -0.2) is 35.7 Å². The summed E-state index contributed by atoms with van der Waals surface area (Å²) >= 11 is 1.26. The lowest BCUT2D eigenvalue weighted by atomic mass is 10.3. The zero-order chi connectivity index (χ0) is 12.7. The van der Waals surface area contributed by atoms with Gasteiger partial charge in [0.1, 0.15) is 0 Å². The Hall–Kier alpha value is -1.21. The van der Waals surface area contributed by atoms with E-state index in [0.717, 1.165) is 4.90 Å². The molecule has 1 aromatic heterocycles. The van der Waals surface area contributed by atoms with Gasteiger partial charge in [-0.05, 0) is 12.1 Å². The highest BCUT2D eigenvalue weighted by Crippen LogP contribution is 2.15. The van der Waals surface area contributed by atoms with Gasteiger partial charge in [0.15, 0.2) is 0 Å². The predicted octanol–water partition coefficient (Wildman–Crippen LogP) is 0.884. The molecular formula is C10H13F2N3OS. The molecule has 94 valence electrons. The number of nitrogens with two attached hydrogens (primary N) is 1. The van der Waals surface area contributed by atoms with Gasteiger partial charge in [-0.1, -0.05) is 0 Å². The molecule has 0 bridgehead atoms. The maximum atomic E-state index is 12.7. The molecule has 0 aliphatic heterocycles. The van der Waals surface area contributed by atoms with E-state index in [1.165, 1.54) is 11.8 Å². The molecule has 7 heteroatoms. The molecule has 1 rings (SSSR count). The topological polar surface area (TPSA) is 68.0 Å². The van der Waals surface area contributed by atoms with Gasteiger partial charge in [0.05, 0.1) is 18.8 Å². The first kappa shape index (κ1) is 13.9. The molecule has 1 amide bonds. The van der Waals surface area contributed by atoms with Crippen LogP contribution >= 0.6 is 11.8 Å². The summed E-state index contributed by atoms with van der Waals surface area (Å²) in [5, 5.41) is 2.14. The monoisotopic (exact) mass is 261 g/mol. The first-order chi connectivity index (χ1) is 8.03.